The molecule has 1 fully saturated rings. The largest absolute Gasteiger partial charge is 0.494 e. The van der Waals surface area contributed by atoms with Gasteiger partial charge in [0.1, 0.15) is 11.5 Å². The van der Waals surface area contributed by atoms with Crippen molar-refractivity contribution in [2.75, 3.05) is 24.7 Å². The van der Waals surface area contributed by atoms with Crippen molar-refractivity contribution in [1.29, 1.82) is 0 Å². The van der Waals surface area contributed by atoms with Crippen molar-refractivity contribution in [2.45, 2.75) is 32.4 Å². The highest BCUT2D eigenvalue weighted by atomic mass is 32.2. The predicted octanol–water partition coefficient (Wildman–Crippen LogP) is 3.07. The Hall–Kier alpha value is -2.54. The lowest BCUT2D eigenvalue weighted by molar-refractivity contribution is -0.136. The molecule has 0 spiro atoms. The van der Waals surface area contributed by atoms with Gasteiger partial charge in [-0.3, -0.25) is 4.79 Å². The number of ether oxygens (including phenoxy) is 2. The first-order chi connectivity index (χ1) is 14.0. The Balaban J connectivity index is 1.69. The minimum absolute atomic E-state index is 0.00176. The Bertz CT molecular complexity index is 897. The van der Waals surface area contributed by atoms with Crippen LogP contribution in [0, 0.1) is 0 Å². The molecule has 1 atom stereocenters. The highest BCUT2D eigenvalue weighted by Crippen LogP contribution is 2.22. The van der Waals surface area contributed by atoms with Crippen molar-refractivity contribution in [3.8, 4) is 11.5 Å². The van der Waals surface area contributed by atoms with Crippen LogP contribution in [0.15, 0.2) is 54.6 Å². The number of carbonyl (C=O) groups excluding carboxylic acids is 1. The van der Waals surface area contributed by atoms with Gasteiger partial charge in [0, 0.05) is 12.6 Å². The van der Waals surface area contributed by atoms with Crippen LogP contribution in [0.4, 0.5) is 0 Å². The topological polar surface area (TPSA) is 72.9 Å². The number of rotatable bonds is 9. The van der Waals surface area contributed by atoms with E-state index < -0.39 is 9.84 Å². The molecule has 1 saturated heterocycles. The standard InChI is InChI=1S/C22H27NO5S/c1-2-13-27-21-10-8-18(9-11-21)15-23(19-12-14-29(25,26)17-19)22(24)16-28-20-6-4-3-5-7-20/h3-11,19H,2,12-17H2,1H3. The summed E-state index contributed by atoms with van der Waals surface area (Å²) >= 11 is 0. The summed E-state index contributed by atoms with van der Waals surface area (Å²) in [6.07, 6.45) is 1.39. The van der Waals surface area contributed by atoms with Crippen LogP contribution in [-0.4, -0.2) is 50.0 Å². The molecule has 1 aliphatic heterocycles. The van der Waals surface area contributed by atoms with Gasteiger partial charge in [0.15, 0.2) is 16.4 Å². The van der Waals surface area contributed by atoms with Gasteiger partial charge in [0.05, 0.1) is 18.1 Å². The lowest BCUT2D eigenvalue weighted by atomic mass is 10.1. The van der Waals surface area contributed by atoms with Crippen molar-refractivity contribution in [3.05, 3.63) is 60.2 Å². The summed E-state index contributed by atoms with van der Waals surface area (Å²) in [5, 5.41) is 0. The van der Waals surface area contributed by atoms with E-state index in [-0.39, 0.29) is 30.1 Å². The molecule has 156 valence electrons. The Labute approximate surface area is 172 Å². The van der Waals surface area contributed by atoms with Crippen LogP contribution in [0.3, 0.4) is 0 Å². The lowest BCUT2D eigenvalue weighted by Crippen LogP contribution is -2.43. The second-order valence-corrected chi connectivity index (χ2v) is 9.40. The van der Waals surface area contributed by atoms with Crippen LogP contribution in [0.5, 0.6) is 11.5 Å². The molecule has 29 heavy (non-hydrogen) atoms. The third-order valence-electron chi connectivity index (χ3n) is 4.82. The molecule has 0 radical (unpaired) electrons. The number of amides is 1. The fourth-order valence-corrected chi connectivity index (χ4v) is 5.03. The van der Waals surface area contributed by atoms with Crippen LogP contribution in [0.1, 0.15) is 25.3 Å². The molecule has 7 heteroatoms. The van der Waals surface area contributed by atoms with Crippen molar-refractivity contribution in [2.24, 2.45) is 0 Å². The van der Waals surface area contributed by atoms with Gasteiger partial charge in [0.2, 0.25) is 0 Å². The quantitative estimate of drug-likeness (QED) is 0.627. The van der Waals surface area contributed by atoms with E-state index in [1.165, 1.54) is 0 Å². The second kappa shape index (κ2) is 9.78. The molecule has 1 heterocycles. The monoisotopic (exact) mass is 417 g/mol. The van der Waals surface area contributed by atoms with E-state index in [2.05, 4.69) is 0 Å². The first-order valence-corrected chi connectivity index (χ1v) is 11.7. The van der Waals surface area contributed by atoms with Gasteiger partial charge in [-0.2, -0.15) is 0 Å². The molecule has 0 bridgehead atoms. The zero-order valence-electron chi connectivity index (χ0n) is 16.6. The van der Waals surface area contributed by atoms with E-state index in [1.54, 1.807) is 17.0 Å². The summed E-state index contributed by atoms with van der Waals surface area (Å²) in [6.45, 7) is 2.91. The van der Waals surface area contributed by atoms with E-state index in [9.17, 15) is 13.2 Å². The average molecular weight is 418 g/mol. The first kappa shape index (κ1) is 21.2. The van der Waals surface area contributed by atoms with Gasteiger partial charge in [-0.1, -0.05) is 37.3 Å². The van der Waals surface area contributed by atoms with Crippen LogP contribution in [0.2, 0.25) is 0 Å². The molecule has 2 aromatic carbocycles. The van der Waals surface area contributed by atoms with Crippen LogP contribution >= 0.6 is 0 Å². The molecule has 0 aliphatic carbocycles. The van der Waals surface area contributed by atoms with Crippen LogP contribution < -0.4 is 9.47 Å². The maximum Gasteiger partial charge on any atom is 0.261 e. The molecular weight excluding hydrogens is 390 g/mol. The third kappa shape index (κ3) is 6.22. The number of benzene rings is 2. The van der Waals surface area contributed by atoms with Crippen molar-refractivity contribution < 1.29 is 22.7 Å². The Morgan fingerprint density at radius 1 is 1.03 bits per heavy atom. The normalized spacial score (nSPS) is 17.6. The molecule has 0 aromatic heterocycles. The molecule has 0 N–H and O–H groups in total. The summed E-state index contributed by atoms with van der Waals surface area (Å²) in [5.74, 6) is 1.29. The van der Waals surface area contributed by atoms with Gasteiger partial charge in [0.25, 0.3) is 5.91 Å². The average Bonchev–Trinajstić information content (AvgIpc) is 3.09. The van der Waals surface area contributed by atoms with Crippen molar-refractivity contribution in [3.63, 3.8) is 0 Å². The summed E-state index contributed by atoms with van der Waals surface area (Å²) in [4.78, 5) is 14.5. The summed E-state index contributed by atoms with van der Waals surface area (Å²) < 4.78 is 35.1. The lowest BCUT2D eigenvalue weighted by Gasteiger charge is -2.28. The number of nitrogens with zero attached hydrogens (tertiary/aromatic N) is 1. The maximum atomic E-state index is 12.9. The maximum absolute atomic E-state index is 12.9. The first-order valence-electron chi connectivity index (χ1n) is 9.86. The number of hydrogen-bond donors (Lipinski definition) is 0. The smallest absolute Gasteiger partial charge is 0.261 e. The fourth-order valence-electron chi connectivity index (χ4n) is 3.29. The van der Waals surface area contributed by atoms with Gasteiger partial charge < -0.3 is 14.4 Å². The van der Waals surface area contributed by atoms with E-state index in [4.69, 9.17) is 9.47 Å². The SMILES string of the molecule is CCCOc1ccc(CN(C(=O)COc2ccccc2)C2CCS(=O)(=O)C2)cc1. The molecule has 2 aromatic rings. The molecule has 1 unspecified atom stereocenters. The van der Waals surface area contributed by atoms with Gasteiger partial charge in [-0.25, -0.2) is 8.42 Å². The summed E-state index contributed by atoms with van der Waals surface area (Å²) in [7, 11) is -3.11. The molecule has 1 aliphatic rings. The fraction of sp³-hybridized carbons (Fsp3) is 0.409. The predicted molar refractivity (Wildman–Crippen MR) is 112 cm³/mol. The highest BCUT2D eigenvalue weighted by Gasteiger charge is 2.34. The Kier molecular flexibility index (Phi) is 7.14. The van der Waals surface area contributed by atoms with Gasteiger partial charge in [-0.15, -0.1) is 0 Å². The van der Waals surface area contributed by atoms with E-state index >= 15 is 0 Å². The van der Waals surface area contributed by atoms with Gasteiger partial charge in [-0.05, 0) is 42.7 Å². The number of para-hydroxylation sites is 1. The number of carbonyl (C=O) groups is 1. The highest BCUT2D eigenvalue weighted by molar-refractivity contribution is 7.91. The molecule has 3 rings (SSSR count). The third-order valence-corrected chi connectivity index (χ3v) is 6.57. The minimum Gasteiger partial charge on any atom is -0.494 e. The van der Waals surface area contributed by atoms with E-state index in [0.29, 0.717) is 25.3 Å². The summed E-state index contributed by atoms with van der Waals surface area (Å²) in [5.41, 5.74) is 0.922. The number of hydrogen-bond acceptors (Lipinski definition) is 5. The van der Waals surface area contributed by atoms with Gasteiger partial charge >= 0.3 is 0 Å². The second-order valence-electron chi connectivity index (χ2n) is 7.17. The Morgan fingerprint density at radius 3 is 2.34 bits per heavy atom. The van der Waals surface area contributed by atoms with E-state index in [1.807, 2.05) is 49.4 Å². The van der Waals surface area contributed by atoms with Crippen LogP contribution in [-0.2, 0) is 21.2 Å². The molecule has 0 saturated carbocycles. The van der Waals surface area contributed by atoms with E-state index in [0.717, 1.165) is 17.7 Å². The molecular formula is C22H27NO5S. The molecule has 6 nitrogen and oxygen atoms in total. The summed E-state index contributed by atoms with van der Waals surface area (Å²) in [6, 6.07) is 16.4. The zero-order chi connectivity index (χ0) is 20.7. The number of sulfone groups is 1. The Morgan fingerprint density at radius 2 is 1.72 bits per heavy atom. The van der Waals surface area contributed by atoms with Crippen molar-refractivity contribution in [1.82, 2.24) is 4.90 Å². The van der Waals surface area contributed by atoms with Crippen LogP contribution in [0.25, 0.3) is 0 Å². The van der Waals surface area contributed by atoms with Crippen molar-refractivity contribution >= 4 is 15.7 Å². The molecule has 1 amide bonds. The zero-order valence-corrected chi connectivity index (χ0v) is 17.4. The minimum atomic E-state index is -3.11.